The van der Waals surface area contributed by atoms with E-state index in [0.717, 1.165) is 12.0 Å². The van der Waals surface area contributed by atoms with Crippen molar-refractivity contribution in [1.29, 1.82) is 0 Å². The summed E-state index contributed by atoms with van der Waals surface area (Å²) < 4.78 is 5.38. The molecule has 2 N–H and O–H groups in total. The monoisotopic (exact) mass is 350 g/mol. The molecule has 1 saturated heterocycles. The molecule has 1 unspecified atom stereocenters. The normalized spacial score (nSPS) is 20.9. The number of nitrogens with zero attached hydrogens (tertiary/aromatic N) is 2. The van der Waals surface area contributed by atoms with E-state index in [0.29, 0.717) is 31.9 Å². The minimum atomic E-state index is -0.578. The average molecular weight is 350 g/mol. The molecule has 1 fully saturated rings. The van der Waals surface area contributed by atoms with Crippen LogP contribution in [0, 0.1) is 0 Å². The maximum atomic E-state index is 12.1. The van der Waals surface area contributed by atoms with Gasteiger partial charge in [-0.3, -0.25) is 4.79 Å². The third kappa shape index (κ3) is 4.74. The summed E-state index contributed by atoms with van der Waals surface area (Å²) in [5.41, 5.74) is 0.635. The minimum absolute atomic E-state index is 0.267. The topological polar surface area (TPSA) is 91.0 Å². The Kier molecular flexibility index (Phi) is 5.71. The van der Waals surface area contributed by atoms with E-state index < -0.39 is 11.6 Å². The number of rotatable bonds is 3. The Balaban J connectivity index is 2.00. The smallest absolute Gasteiger partial charge is 0.410 e. The first-order valence-electron chi connectivity index (χ1n) is 8.34. The highest BCUT2D eigenvalue weighted by molar-refractivity contribution is 5.94. The molecule has 138 valence electrons. The van der Waals surface area contributed by atoms with E-state index >= 15 is 0 Å². The Hall–Kier alpha value is -2.51. The molecule has 2 amide bonds. The maximum absolute atomic E-state index is 12.1. The zero-order valence-electron chi connectivity index (χ0n) is 15.2. The highest BCUT2D eigenvalue weighted by Crippen LogP contribution is 2.19. The second-order valence-corrected chi connectivity index (χ2v) is 6.96. The van der Waals surface area contributed by atoms with Gasteiger partial charge in [-0.1, -0.05) is 0 Å². The molecule has 0 aromatic rings. The number of nitrogens with one attached hydrogen (secondary N) is 2. The van der Waals surface area contributed by atoms with Gasteiger partial charge in [0, 0.05) is 38.9 Å². The van der Waals surface area contributed by atoms with Gasteiger partial charge < -0.3 is 30.0 Å². The van der Waals surface area contributed by atoms with E-state index in [1.54, 1.807) is 17.1 Å². The molecule has 2 aliphatic rings. The van der Waals surface area contributed by atoms with Crippen molar-refractivity contribution in [3.05, 3.63) is 23.5 Å². The number of dihydropyridines is 1. The Bertz CT molecular complexity index is 598. The summed E-state index contributed by atoms with van der Waals surface area (Å²) in [5, 5.41) is 5.46. The number of amides is 2. The number of hydrogen-bond acceptors (Lipinski definition) is 6. The summed E-state index contributed by atoms with van der Waals surface area (Å²) in [6.45, 7) is 7.74. The van der Waals surface area contributed by atoms with E-state index in [1.807, 2.05) is 25.7 Å². The molecule has 8 nitrogen and oxygen atoms in total. The molecule has 0 radical (unpaired) electrons. The van der Waals surface area contributed by atoms with Crippen LogP contribution in [0.3, 0.4) is 0 Å². The van der Waals surface area contributed by atoms with Gasteiger partial charge in [-0.05, 0) is 32.9 Å². The zero-order chi connectivity index (χ0) is 18.6. The summed E-state index contributed by atoms with van der Waals surface area (Å²) in [5.74, 6) is -0.267. The molecule has 1 atom stereocenters. The average Bonchev–Trinajstić information content (AvgIpc) is 2.59. The number of piperazine rings is 1. The third-order valence-corrected chi connectivity index (χ3v) is 3.95. The molecule has 2 rings (SSSR count). The van der Waals surface area contributed by atoms with E-state index in [2.05, 4.69) is 10.6 Å². The van der Waals surface area contributed by atoms with Crippen molar-refractivity contribution in [1.82, 2.24) is 20.4 Å². The SMILES string of the molecule is CNC(=O)C1=CC=C(N2CCN(C(=O)OC(C)(C)C)CC2)C(C=O)N1. The number of carbonyl (C=O) groups excluding carboxylic acids is 3. The lowest BCUT2D eigenvalue weighted by Gasteiger charge is -2.40. The van der Waals surface area contributed by atoms with Gasteiger partial charge in [0.25, 0.3) is 5.91 Å². The highest BCUT2D eigenvalue weighted by atomic mass is 16.6. The molecule has 0 bridgehead atoms. The van der Waals surface area contributed by atoms with Gasteiger partial charge in [-0.25, -0.2) is 4.79 Å². The standard InChI is InChI=1S/C17H26N4O4/c1-17(2,3)25-16(24)21-9-7-20(8-10-21)14-6-5-12(15(23)18-4)19-13(14)11-22/h5-6,11,13,19H,7-10H2,1-4H3,(H,18,23). The van der Waals surface area contributed by atoms with Crippen molar-refractivity contribution in [2.24, 2.45) is 0 Å². The maximum Gasteiger partial charge on any atom is 0.410 e. The quantitative estimate of drug-likeness (QED) is 0.708. The van der Waals surface area contributed by atoms with Crippen LogP contribution in [-0.4, -0.2) is 73.0 Å². The van der Waals surface area contributed by atoms with Crippen LogP contribution in [0.2, 0.25) is 0 Å². The molecule has 0 aliphatic carbocycles. The highest BCUT2D eigenvalue weighted by Gasteiger charge is 2.30. The van der Waals surface area contributed by atoms with Crippen molar-refractivity contribution in [3.63, 3.8) is 0 Å². The molecule has 2 heterocycles. The molecule has 0 saturated carbocycles. The number of carbonyl (C=O) groups is 3. The van der Waals surface area contributed by atoms with Gasteiger partial charge in [0.15, 0.2) is 0 Å². The van der Waals surface area contributed by atoms with Crippen LogP contribution in [0.1, 0.15) is 20.8 Å². The van der Waals surface area contributed by atoms with Crippen LogP contribution in [0.15, 0.2) is 23.5 Å². The Morgan fingerprint density at radius 3 is 2.40 bits per heavy atom. The number of ether oxygens (including phenoxy) is 1. The summed E-state index contributed by atoms with van der Waals surface area (Å²) in [7, 11) is 1.54. The fraction of sp³-hybridized carbons (Fsp3) is 0.588. The van der Waals surface area contributed by atoms with E-state index in [1.165, 1.54) is 7.05 Å². The Morgan fingerprint density at radius 2 is 1.88 bits per heavy atom. The molecule has 8 heteroatoms. The number of allylic oxidation sites excluding steroid dienone is 2. The van der Waals surface area contributed by atoms with Crippen LogP contribution < -0.4 is 10.6 Å². The first-order chi connectivity index (χ1) is 11.7. The van der Waals surface area contributed by atoms with Crippen LogP contribution >= 0.6 is 0 Å². The lowest BCUT2D eigenvalue weighted by Crippen LogP contribution is -2.53. The largest absolute Gasteiger partial charge is 0.444 e. The summed E-state index contributed by atoms with van der Waals surface area (Å²) in [6, 6.07) is -0.578. The second kappa shape index (κ2) is 7.58. The second-order valence-electron chi connectivity index (χ2n) is 6.96. The Morgan fingerprint density at radius 1 is 1.24 bits per heavy atom. The fourth-order valence-electron chi connectivity index (χ4n) is 2.72. The van der Waals surface area contributed by atoms with Gasteiger partial charge in [-0.15, -0.1) is 0 Å². The minimum Gasteiger partial charge on any atom is -0.444 e. The van der Waals surface area contributed by atoms with Crippen LogP contribution in [0.4, 0.5) is 4.79 Å². The number of hydrogen-bond donors (Lipinski definition) is 2. The summed E-state index contributed by atoms with van der Waals surface area (Å²) in [6.07, 6.45) is 3.90. The van der Waals surface area contributed by atoms with Crippen LogP contribution in [0.5, 0.6) is 0 Å². The zero-order valence-corrected chi connectivity index (χ0v) is 15.2. The van der Waals surface area contributed by atoms with Crippen molar-refractivity contribution >= 4 is 18.3 Å². The van der Waals surface area contributed by atoms with Crippen LogP contribution in [0.25, 0.3) is 0 Å². The molecule has 0 spiro atoms. The van der Waals surface area contributed by atoms with Crippen molar-refractivity contribution in [2.75, 3.05) is 33.2 Å². The van der Waals surface area contributed by atoms with Crippen molar-refractivity contribution in [3.8, 4) is 0 Å². The molecule has 2 aliphatic heterocycles. The van der Waals surface area contributed by atoms with E-state index in [9.17, 15) is 14.4 Å². The van der Waals surface area contributed by atoms with Crippen LogP contribution in [-0.2, 0) is 14.3 Å². The van der Waals surface area contributed by atoms with Gasteiger partial charge in [-0.2, -0.15) is 0 Å². The predicted octanol–water partition coefficient (Wildman–Crippen LogP) is 0.224. The molecule has 0 aromatic carbocycles. The lowest BCUT2D eigenvalue weighted by atomic mass is 10.1. The summed E-state index contributed by atoms with van der Waals surface area (Å²) >= 11 is 0. The third-order valence-electron chi connectivity index (χ3n) is 3.95. The summed E-state index contributed by atoms with van der Waals surface area (Å²) in [4.78, 5) is 38.9. The lowest BCUT2D eigenvalue weighted by molar-refractivity contribution is -0.117. The number of likely N-dealkylation sites (N-methyl/N-ethyl adjacent to an activating group) is 1. The first-order valence-corrected chi connectivity index (χ1v) is 8.34. The molecule has 25 heavy (non-hydrogen) atoms. The van der Waals surface area contributed by atoms with Gasteiger partial charge in [0.05, 0.1) is 0 Å². The molecule has 0 aromatic heterocycles. The first kappa shape index (κ1) is 18.8. The number of aldehydes is 1. The van der Waals surface area contributed by atoms with Crippen molar-refractivity contribution < 1.29 is 19.1 Å². The van der Waals surface area contributed by atoms with Gasteiger partial charge in [0.1, 0.15) is 23.6 Å². The van der Waals surface area contributed by atoms with Gasteiger partial charge >= 0.3 is 6.09 Å². The fourth-order valence-corrected chi connectivity index (χ4v) is 2.72. The van der Waals surface area contributed by atoms with E-state index in [-0.39, 0.29) is 12.0 Å². The van der Waals surface area contributed by atoms with Crippen molar-refractivity contribution in [2.45, 2.75) is 32.4 Å². The molecular formula is C17H26N4O4. The molecular weight excluding hydrogens is 324 g/mol. The van der Waals surface area contributed by atoms with Gasteiger partial charge in [0.2, 0.25) is 0 Å². The van der Waals surface area contributed by atoms with E-state index in [4.69, 9.17) is 4.74 Å². The Labute approximate surface area is 147 Å². The predicted molar refractivity (Wildman–Crippen MR) is 92.6 cm³/mol.